The lowest BCUT2D eigenvalue weighted by Gasteiger charge is -2.26. The SMILES string of the molecule is CC[C@@]1(c2ccc(C)c(C)c2)NC(=O)N(CC(=O)O)C1=O. The van der Waals surface area contributed by atoms with Crippen LogP contribution in [0.4, 0.5) is 4.79 Å². The van der Waals surface area contributed by atoms with Crippen LogP contribution in [0.2, 0.25) is 0 Å². The first kappa shape index (κ1) is 15.0. The monoisotopic (exact) mass is 290 g/mol. The molecule has 1 aliphatic rings. The number of carboxylic acid groups (broad SMARTS) is 1. The minimum absolute atomic E-state index is 0.357. The van der Waals surface area contributed by atoms with E-state index in [1.54, 1.807) is 13.0 Å². The molecule has 6 heteroatoms. The van der Waals surface area contributed by atoms with Crippen molar-refractivity contribution in [1.82, 2.24) is 10.2 Å². The smallest absolute Gasteiger partial charge is 0.325 e. The van der Waals surface area contributed by atoms with Gasteiger partial charge in [0.05, 0.1) is 0 Å². The first-order valence-corrected chi connectivity index (χ1v) is 6.75. The van der Waals surface area contributed by atoms with Crippen molar-refractivity contribution in [1.29, 1.82) is 0 Å². The summed E-state index contributed by atoms with van der Waals surface area (Å²) in [6, 6.07) is 4.89. The number of hydrogen-bond acceptors (Lipinski definition) is 3. The van der Waals surface area contributed by atoms with Gasteiger partial charge in [-0.1, -0.05) is 25.1 Å². The number of carboxylic acids is 1. The summed E-state index contributed by atoms with van der Waals surface area (Å²) in [6.07, 6.45) is 0.357. The number of urea groups is 1. The van der Waals surface area contributed by atoms with Crippen molar-refractivity contribution in [2.75, 3.05) is 6.54 Å². The Balaban J connectivity index is 2.47. The second-order valence-electron chi connectivity index (χ2n) is 5.27. The molecule has 0 unspecified atom stereocenters. The Labute approximate surface area is 122 Å². The minimum atomic E-state index is -1.22. The first-order chi connectivity index (χ1) is 9.81. The van der Waals surface area contributed by atoms with Crippen LogP contribution < -0.4 is 5.32 Å². The molecule has 0 bridgehead atoms. The standard InChI is InChI=1S/C15H18N2O4/c1-4-15(11-6-5-9(2)10(3)7-11)13(20)17(8-12(18)19)14(21)16-15/h5-7H,4,8H2,1-3H3,(H,16,21)(H,18,19)/t15-/m0/s1. The zero-order valence-electron chi connectivity index (χ0n) is 12.3. The molecule has 1 aromatic rings. The van der Waals surface area contributed by atoms with Gasteiger partial charge in [-0.15, -0.1) is 0 Å². The minimum Gasteiger partial charge on any atom is -0.480 e. The molecule has 1 aliphatic heterocycles. The van der Waals surface area contributed by atoms with E-state index in [-0.39, 0.29) is 0 Å². The third-order valence-electron chi connectivity index (χ3n) is 4.00. The average Bonchev–Trinajstić information content (AvgIpc) is 2.66. The molecule has 0 radical (unpaired) electrons. The maximum atomic E-state index is 12.6. The van der Waals surface area contributed by atoms with Gasteiger partial charge >= 0.3 is 12.0 Å². The summed E-state index contributed by atoms with van der Waals surface area (Å²) in [5.41, 5.74) is 1.60. The average molecular weight is 290 g/mol. The van der Waals surface area contributed by atoms with Crippen LogP contribution in [0.1, 0.15) is 30.0 Å². The molecule has 1 aromatic carbocycles. The van der Waals surface area contributed by atoms with Crippen LogP contribution in [0, 0.1) is 13.8 Å². The van der Waals surface area contributed by atoms with Crippen molar-refractivity contribution in [3.8, 4) is 0 Å². The van der Waals surface area contributed by atoms with Gasteiger partial charge in [0, 0.05) is 0 Å². The lowest BCUT2D eigenvalue weighted by Crippen LogP contribution is -2.44. The largest absolute Gasteiger partial charge is 0.480 e. The Morgan fingerprint density at radius 1 is 1.29 bits per heavy atom. The van der Waals surface area contributed by atoms with Gasteiger partial charge in [0.25, 0.3) is 5.91 Å². The molecule has 2 rings (SSSR count). The van der Waals surface area contributed by atoms with E-state index in [1.165, 1.54) is 0 Å². The molecule has 0 aromatic heterocycles. The molecule has 6 nitrogen and oxygen atoms in total. The Morgan fingerprint density at radius 2 is 1.95 bits per heavy atom. The third kappa shape index (κ3) is 2.37. The highest BCUT2D eigenvalue weighted by molar-refractivity contribution is 6.09. The molecular formula is C15H18N2O4. The predicted octanol–water partition coefficient (Wildman–Crippen LogP) is 1.55. The van der Waals surface area contributed by atoms with Crippen LogP contribution >= 0.6 is 0 Å². The molecular weight excluding hydrogens is 272 g/mol. The summed E-state index contributed by atoms with van der Waals surface area (Å²) < 4.78 is 0. The highest BCUT2D eigenvalue weighted by atomic mass is 16.4. The van der Waals surface area contributed by atoms with E-state index in [0.29, 0.717) is 12.0 Å². The second-order valence-corrected chi connectivity index (χ2v) is 5.27. The van der Waals surface area contributed by atoms with Crippen LogP contribution in [0.25, 0.3) is 0 Å². The number of nitrogens with zero attached hydrogens (tertiary/aromatic N) is 1. The molecule has 0 aliphatic carbocycles. The van der Waals surface area contributed by atoms with Crippen LogP contribution in [0.5, 0.6) is 0 Å². The fourth-order valence-electron chi connectivity index (χ4n) is 2.55. The first-order valence-electron chi connectivity index (χ1n) is 6.75. The number of imide groups is 1. The van der Waals surface area contributed by atoms with Crippen molar-refractivity contribution in [3.05, 3.63) is 34.9 Å². The lowest BCUT2D eigenvalue weighted by atomic mass is 9.85. The topological polar surface area (TPSA) is 86.7 Å². The van der Waals surface area contributed by atoms with Crippen molar-refractivity contribution in [2.45, 2.75) is 32.7 Å². The van der Waals surface area contributed by atoms with Crippen LogP contribution in [0.15, 0.2) is 18.2 Å². The van der Waals surface area contributed by atoms with Gasteiger partial charge in [0.1, 0.15) is 12.1 Å². The van der Waals surface area contributed by atoms with Gasteiger partial charge in [0.2, 0.25) is 0 Å². The highest BCUT2D eigenvalue weighted by Crippen LogP contribution is 2.33. The number of hydrogen-bond donors (Lipinski definition) is 2. The fraction of sp³-hybridized carbons (Fsp3) is 0.400. The quantitative estimate of drug-likeness (QED) is 0.824. The number of benzene rings is 1. The number of rotatable bonds is 4. The van der Waals surface area contributed by atoms with Crippen LogP contribution in [-0.2, 0) is 15.1 Å². The molecule has 2 N–H and O–H groups in total. The Kier molecular flexibility index (Phi) is 3.72. The lowest BCUT2D eigenvalue weighted by molar-refractivity contribution is -0.143. The van der Waals surface area contributed by atoms with Crippen molar-refractivity contribution in [2.24, 2.45) is 0 Å². The van der Waals surface area contributed by atoms with Crippen LogP contribution in [0.3, 0.4) is 0 Å². The summed E-state index contributed by atoms with van der Waals surface area (Å²) in [6.45, 7) is 5.05. The Bertz CT molecular complexity index is 626. The summed E-state index contributed by atoms with van der Waals surface area (Å²) in [7, 11) is 0. The van der Waals surface area contributed by atoms with E-state index in [2.05, 4.69) is 5.32 Å². The van der Waals surface area contributed by atoms with E-state index >= 15 is 0 Å². The maximum Gasteiger partial charge on any atom is 0.325 e. The normalized spacial score (nSPS) is 21.6. The number of amides is 3. The number of carbonyl (C=O) groups excluding carboxylic acids is 2. The van der Waals surface area contributed by atoms with E-state index in [0.717, 1.165) is 16.0 Å². The van der Waals surface area contributed by atoms with Gasteiger partial charge in [-0.2, -0.15) is 0 Å². The molecule has 3 amide bonds. The van der Waals surface area contributed by atoms with Gasteiger partial charge in [-0.05, 0) is 37.0 Å². The predicted molar refractivity (Wildman–Crippen MR) is 75.8 cm³/mol. The molecule has 1 atom stereocenters. The van der Waals surface area contributed by atoms with Gasteiger partial charge < -0.3 is 10.4 Å². The van der Waals surface area contributed by atoms with Gasteiger partial charge in [-0.25, -0.2) is 4.79 Å². The Morgan fingerprint density at radius 3 is 2.48 bits per heavy atom. The molecule has 1 fully saturated rings. The van der Waals surface area contributed by atoms with E-state index in [4.69, 9.17) is 5.11 Å². The molecule has 21 heavy (non-hydrogen) atoms. The molecule has 1 heterocycles. The Hall–Kier alpha value is -2.37. The number of aliphatic carboxylic acids is 1. The number of carbonyl (C=O) groups is 3. The summed E-state index contributed by atoms with van der Waals surface area (Å²) in [5, 5.41) is 11.5. The van der Waals surface area contributed by atoms with E-state index in [9.17, 15) is 14.4 Å². The zero-order valence-corrected chi connectivity index (χ0v) is 12.3. The highest BCUT2D eigenvalue weighted by Gasteiger charge is 2.51. The van der Waals surface area contributed by atoms with E-state index in [1.807, 2.05) is 26.0 Å². The van der Waals surface area contributed by atoms with Crippen molar-refractivity contribution in [3.63, 3.8) is 0 Å². The molecule has 0 spiro atoms. The fourth-order valence-corrected chi connectivity index (χ4v) is 2.55. The van der Waals surface area contributed by atoms with Crippen molar-refractivity contribution >= 4 is 17.9 Å². The molecule has 112 valence electrons. The van der Waals surface area contributed by atoms with Gasteiger partial charge in [0.15, 0.2) is 0 Å². The van der Waals surface area contributed by atoms with E-state index < -0.39 is 30.0 Å². The van der Waals surface area contributed by atoms with Crippen LogP contribution in [-0.4, -0.2) is 34.5 Å². The zero-order chi connectivity index (χ0) is 15.8. The molecule has 1 saturated heterocycles. The third-order valence-corrected chi connectivity index (χ3v) is 4.00. The molecule has 0 saturated carbocycles. The summed E-state index contributed by atoms with van der Waals surface area (Å²) in [5.74, 6) is -1.73. The number of nitrogens with one attached hydrogen (secondary N) is 1. The second kappa shape index (κ2) is 5.20. The summed E-state index contributed by atoms with van der Waals surface area (Å²) >= 11 is 0. The van der Waals surface area contributed by atoms with Crippen molar-refractivity contribution < 1.29 is 19.5 Å². The maximum absolute atomic E-state index is 12.6. The number of aryl methyl sites for hydroxylation is 2. The van der Waals surface area contributed by atoms with Gasteiger partial charge in [-0.3, -0.25) is 14.5 Å². The summed E-state index contributed by atoms with van der Waals surface area (Å²) in [4.78, 5) is 36.1.